The van der Waals surface area contributed by atoms with Gasteiger partial charge in [0.25, 0.3) is 0 Å². The van der Waals surface area contributed by atoms with Gasteiger partial charge in [-0.1, -0.05) is 90.6 Å². The molecule has 0 aliphatic carbocycles. The van der Waals surface area contributed by atoms with Crippen LogP contribution in [0.2, 0.25) is 0 Å². The number of rotatable bonds is 3. The number of hydrogen-bond acceptors (Lipinski definition) is 2. The predicted molar refractivity (Wildman–Crippen MR) is 166 cm³/mol. The SMILES string of the molecule is N#Cc1cc(-c2ccccc2)cc(-c2cccc(-c3cc4c5c(c3)c3ccccc3n5-c3ccccc3S4)c2)c1. The van der Waals surface area contributed by atoms with Crippen LogP contribution in [0, 0.1) is 11.3 Å². The highest BCUT2D eigenvalue weighted by atomic mass is 32.2. The molecular formula is C37H22N2S. The van der Waals surface area contributed by atoms with E-state index in [0.717, 1.165) is 27.8 Å². The van der Waals surface area contributed by atoms with Crippen LogP contribution in [0.25, 0.3) is 60.9 Å². The van der Waals surface area contributed by atoms with Crippen LogP contribution in [0.4, 0.5) is 0 Å². The first kappa shape index (κ1) is 22.9. The first-order valence-corrected chi connectivity index (χ1v) is 14.1. The summed E-state index contributed by atoms with van der Waals surface area (Å²) in [6.07, 6.45) is 0. The Hall–Kier alpha value is -5.04. The predicted octanol–water partition coefficient (Wildman–Crippen LogP) is 10.1. The Kier molecular flexibility index (Phi) is 5.16. The molecule has 0 spiro atoms. The average molecular weight is 527 g/mol. The summed E-state index contributed by atoms with van der Waals surface area (Å²) < 4.78 is 2.42. The number of hydrogen-bond donors (Lipinski definition) is 0. The molecule has 6 aromatic carbocycles. The lowest BCUT2D eigenvalue weighted by Crippen LogP contribution is -2.01. The van der Waals surface area contributed by atoms with Gasteiger partial charge in [-0.15, -0.1) is 0 Å². The molecule has 2 heterocycles. The maximum atomic E-state index is 9.78. The molecular weight excluding hydrogens is 504 g/mol. The second-order valence-electron chi connectivity index (χ2n) is 10.2. The largest absolute Gasteiger partial charge is 0.307 e. The fourth-order valence-electron chi connectivity index (χ4n) is 5.94. The number of fused-ring (bicyclic) bond motifs is 5. The van der Waals surface area contributed by atoms with Crippen LogP contribution in [-0.2, 0) is 0 Å². The standard InChI is InChI=1S/C37H22N2S/c38-23-24-17-28(25-9-2-1-3-10-25)20-29(18-24)26-11-8-12-27(19-26)30-21-32-31-13-4-5-14-33(31)39-34-15-6-7-16-35(34)40-36(22-30)37(32)39/h1-22H. The Morgan fingerprint density at radius 3 is 1.98 bits per heavy atom. The number of nitrogens with zero attached hydrogens (tertiary/aromatic N) is 2. The molecule has 1 aromatic heterocycles. The van der Waals surface area contributed by atoms with Crippen LogP contribution < -0.4 is 0 Å². The first-order chi connectivity index (χ1) is 19.8. The molecule has 1 aliphatic rings. The monoisotopic (exact) mass is 526 g/mol. The Morgan fingerprint density at radius 2 is 1.15 bits per heavy atom. The van der Waals surface area contributed by atoms with Gasteiger partial charge in [-0.2, -0.15) is 5.26 Å². The van der Waals surface area contributed by atoms with E-state index in [9.17, 15) is 5.26 Å². The van der Waals surface area contributed by atoms with Crippen LogP contribution in [0.15, 0.2) is 143 Å². The van der Waals surface area contributed by atoms with Crippen molar-refractivity contribution >= 4 is 33.6 Å². The van der Waals surface area contributed by atoms with Crippen molar-refractivity contribution in [1.82, 2.24) is 4.57 Å². The molecule has 40 heavy (non-hydrogen) atoms. The zero-order valence-electron chi connectivity index (χ0n) is 21.5. The summed E-state index contributed by atoms with van der Waals surface area (Å²) in [6.45, 7) is 0. The number of nitriles is 1. The van der Waals surface area contributed by atoms with Crippen LogP contribution in [0.3, 0.4) is 0 Å². The Balaban J connectivity index is 1.31. The van der Waals surface area contributed by atoms with Gasteiger partial charge in [-0.3, -0.25) is 0 Å². The van der Waals surface area contributed by atoms with E-state index in [4.69, 9.17) is 0 Å². The van der Waals surface area contributed by atoms with E-state index in [1.54, 1.807) is 0 Å². The molecule has 0 N–H and O–H groups in total. The maximum absolute atomic E-state index is 9.78. The molecule has 0 amide bonds. The normalized spacial score (nSPS) is 11.9. The smallest absolute Gasteiger partial charge is 0.0992 e. The highest BCUT2D eigenvalue weighted by molar-refractivity contribution is 7.99. The maximum Gasteiger partial charge on any atom is 0.0992 e. The number of benzene rings is 6. The lowest BCUT2D eigenvalue weighted by Gasteiger charge is -2.20. The Labute approximate surface area is 236 Å². The van der Waals surface area contributed by atoms with E-state index in [2.05, 4.69) is 114 Å². The highest BCUT2D eigenvalue weighted by Gasteiger charge is 2.23. The van der Waals surface area contributed by atoms with E-state index in [1.807, 2.05) is 42.1 Å². The first-order valence-electron chi connectivity index (χ1n) is 13.3. The minimum atomic E-state index is 0.662. The van der Waals surface area contributed by atoms with Crippen molar-refractivity contribution in [1.29, 1.82) is 5.26 Å². The molecule has 0 fully saturated rings. The molecule has 0 bridgehead atoms. The van der Waals surface area contributed by atoms with Gasteiger partial charge in [0.1, 0.15) is 0 Å². The molecule has 186 valence electrons. The molecule has 0 saturated heterocycles. The van der Waals surface area contributed by atoms with Crippen LogP contribution >= 0.6 is 11.8 Å². The summed E-state index contributed by atoms with van der Waals surface area (Å²) in [7, 11) is 0. The zero-order chi connectivity index (χ0) is 26.6. The fraction of sp³-hybridized carbons (Fsp3) is 0. The van der Waals surface area contributed by atoms with Crippen LogP contribution in [0.5, 0.6) is 0 Å². The van der Waals surface area contributed by atoms with Gasteiger partial charge < -0.3 is 4.57 Å². The van der Waals surface area contributed by atoms with E-state index in [0.29, 0.717) is 5.56 Å². The Bertz CT molecular complexity index is 2150. The summed E-state index contributed by atoms with van der Waals surface area (Å²) in [5, 5.41) is 12.3. The molecule has 3 heteroatoms. The average Bonchev–Trinajstić information content (AvgIpc) is 3.37. The topological polar surface area (TPSA) is 28.7 Å². The molecule has 0 unspecified atom stereocenters. The van der Waals surface area contributed by atoms with Gasteiger partial charge in [0.2, 0.25) is 0 Å². The Morgan fingerprint density at radius 1 is 0.500 bits per heavy atom. The molecule has 7 aromatic rings. The third kappa shape index (κ3) is 3.58. The van der Waals surface area contributed by atoms with Crippen molar-refractivity contribution in [3.05, 3.63) is 139 Å². The molecule has 8 rings (SSSR count). The van der Waals surface area contributed by atoms with E-state index in [-0.39, 0.29) is 0 Å². The summed E-state index contributed by atoms with van der Waals surface area (Å²) in [5.41, 5.74) is 11.1. The lowest BCUT2D eigenvalue weighted by molar-refractivity contribution is 1.09. The molecule has 1 aliphatic heterocycles. The van der Waals surface area contributed by atoms with Crippen molar-refractivity contribution in [2.45, 2.75) is 9.79 Å². The quantitative estimate of drug-likeness (QED) is 0.229. The van der Waals surface area contributed by atoms with Gasteiger partial charge in [0.05, 0.1) is 28.4 Å². The minimum Gasteiger partial charge on any atom is -0.307 e. The summed E-state index contributed by atoms with van der Waals surface area (Å²) >= 11 is 1.85. The molecule has 0 atom stereocenters. The third-order valence-corrected chi connectivity index (χ3v) is 8.85. The summed E-state index contributed by atoms with van der Waals surface area (Å²) in [6, 6.07) is 49.5. The summed E-state index contributed by atoms with van der Waals surface area (Å²) in [5.74, 6) is 0. The van der Waals surface area contributed by atoms with Crippen LogP contribution in [0.1, 0.15) is 5.56 Å². The number of aromatic nitrogens is 1. The minimum absolute atomic E-state index is 0.662. The van der Waals surface area contributed by atoms with Crippen molar-refractivity contribution in [3.8, 4) is 45.1 Å². The van der Waals surface area contributed by atoms with Gasteiger partial charge in [0, 0.05) is 20.6 Å². The fourth-order valence-corrected chi connectivity index (χ4v) is 7.07. The molecule has 0 radical (unpaired) electrons. The van der Waals surface area contributed by atoms with E-state index >= 15 is 0 Å². The zero-order valence-corrected chi connectivity index (χ0v) is 22.3. The molecule has 2 nitrogen and oxygen atoms in total. The third-order valence-electron chi connectivity index (χ3n) is 7.76. The second kappa shape index (κ2) is 9.02. The van der Waals surface area contributed by atoms with Crippen LogP contribution in [-0.4, -0.2) is 4.57 Å². The van der Waals surface area contributed by atoms with Crippen molar-refractivity contribution in [3.63, 3.8) is 0 Å². The van der Waals surface area contributed by atoms with Crippen molar-refractivity contribution in [2.24, 2.45) is 0 Å². The van der Waals surface area contributed by atoms with Gasteiger partial charge in [0.15, 0.2) is 0 Å². The second-order valence-corrected chi connectivity index (χ2v) is 11.2. The van der Waals surface area contributed by atoms with Gasteiger partial charge in [-0.25, -0.2) is 0 Å². The number of para-hydroxylation sites is 2. The molecule has 0 saturated carbocycles. The summed E-state index contributed by atoms with van der Waals surface area (Å²) in [4.78, 5) is 2.54. The van der Waals surface area contributed by atoms with Crippen molar-refractivity contribution < 1.29 is 0 Å². The lowest BCUT2D eigenvalue weighted by atomic mass is 9.94. The van der Waals surface area contributed by atoms with Gasteiger partial charge >= 0.3 is 0 Å². The van der Waals surface area contributed by atoms with Crippen molar-refractivity contribution in [2.75, 3.05) is 0 Å². The van der Waals surface area contributed by atoms with E-state index < -0.39 is 0 Å². The van der Waals surface area contributed by atoms with E-state index in [1.165, 1.54) is 42.8 Å². The highest BCUT2D eigenvalue weighted by Crippen LogP contribution is 2.48. The van der Waals surface area contributed by atoms with Gasteiger partial charge in [-0.05, 0) is 88.0 Å².